The molecule has 7 heterocycles. The summed E-state index contributed by atoms with van der Waals surface area (Å²) in [6.07, 6.45) is -8.83. The summed E-state index contributed by atoms with van der Waals surface area (Å²) in [5, 5.41) is 39.2. The van der Waals surface area contributed by atoms with Crippen molar-refractivity contribution in [3.63, 3.8) is 0 Å². The summed E-state index contributed by atoms with van der Waals surface area (Å²) >= 11 is 0. The van der Waals surface area contributed by atoms with Gasteiger partial charge in [0.25, 0.3) is 5.91 Å². The van der Waals surface area contributed by atoms with Crippen molar-refractivity contribution in [2.75, 3.05) is 25.6 Å². The van der Waals surface area contributed by atoms with Crippen LogP contribution in [-0.4, -0.2) is 138 Å². The molecule has 0 spiro atoms. The van der Waals surface area contributed by atoms with Gasteiger partial charge in [-0.05, 0) is 0 Å². The van der Waals surface area contributed by atoms with Crippen LogP contribution in [0.4, 0.5) is 5.95 Å². The van der Waals surface area contributed by atoms with Crippen LogP contribution in [0.15, 0.2) is 22.5 Å². The minimum Gasteiger partial charge on any atom is -0.387 e. The third kappa shape index (κ3) is 5.43. The maximum absolute atomic E-state index is 13.2. The Morgan fingerprint density at radius 3 is 2.50 bits per heavy atom. The number of ether oxygens (including phenoxy) is 2. The fraction of sp³-hybridized carbons (Fsp3) is 0.571. The minimum atomic E-state index is -5.11. The largest absolute Gasteiger partial charge is 0.472 e. The lowest BCUT2D eigenvalue weighted by Crippen LogP contribution is -2.53. The van der Waals surface area contributed by atoms with Gasteiger partial charge in [0, 0.05) is 12.6 Å². The average Bonchev–Trinajstić information content (AvgIpc) is 3.76. The van der Waals surface area contributed by atoms with E-state index in [9.17, 15) is 33.9 Å². The van der Waals surface area contributed by atoms with Crippen molar-refractivity contribution in [1.82, 2.24) is 29.8 Å². The Morgan fingerprint density at radius 2 is 1.76 bits per heavy atom. The molecular weight excluding hydrogens is 662 g/mol. The minimum absolute atomic E-state index is 0.103. The number of aliphatic hydroxyl groups excluding tert-OH is 2. The maximum atomic E-state index is 13.2. The molecule has 7 rings (SSSR count). The number of phosphoric acid groups is 2. The number of carbonyl (C=O) groups excluding carboxylic acids is 1. The lowest BCUT2D eigenvalue weighted by Gasteiger charge is -2.31. The average molecular weight is 688 g/mol. The van der Waals surface area contributed by atoms with Crippen LogP contribution in [0.25, 0.3) is 5.65 Å². The highest BCUT2D eigenvalue weighted by molar-refractivity contribution is 7.47. The Kier molecular flexibility index (Phi) is 7.78. The number of anilines is 1. The Hall–Kier alpha value is -3.31. The number of amidine groups is 1. The van der Waals surface area contributed by atoms with E-state index in [1.54, 1.807) is 7.05 Å². The number of phosphoric ester groups is 2. The summed E-state index contributed by atoms with van der Waals surface area (Å²) in [4.78, 5) is 50.9. The molecule has 25 heteroatoms. The van der Waals surface area contributed by atoms with Gasteiger partial charge < -0.3 is 34.8 Å². The van der Waals surface area contributed by atoms with E-state index in [0.29, 0.717) is 5.95 Å². The number of fused-ring (bicyclic) bond motifs is 5. The monoisotopic (exact) mass is 688 g/mol. The number of rotatable bonds is 3. The fourth-order valence-corrected chi connectivity index (χ4v) is 7.49. The lowest BCUT2D eigenvalue weighted by molar-refractivity contribution is -0.119. The molecule has 5 aliphatic rings. The first-order valence-electron chi connectivity index (χ1n) is 13.5. The molecule has 46 heavy (non-hydrogen) atoms. The van der Waals surface area contributed by atoms with Crippen LogP contribution in [0.5, 0.6) is 0 Å². The Morgan fingerprint density at radius 1 is 1.04 bits per heavy atom. The zero-order chi connectivity index (χ0) is 32.5. The van der Waals surface area contributed by atoms with Crippen LogP contribution in [0.3, 0.4) is 0 Å². The van der Waals surface area contributed by atoms with E-state index in [4.69, 9.17) is 33.0 Å². The van der Waals surface area contributed by atoms with Crippen molar-refractivity contribution in [3.8, 4) is 0 Å². The molecule has 2 aromatic rings. The molecule has 7 N–H and O–H groups in total. The van der Waals surface area contributed by atoms with Gasteiger partial charge in [-0.15, -0.1) is 0 Å². The zero-order valence-corrected chi connectivity index (χ0v) is 25.1. The van der Waals surface area contributed by atoms with E-state index in [1.807, 2.05) is 0 Å². The van der Waals surface area contributed by atoms with Gasteiger partial charge in [-0.25, -0.2) is 19.1 Å². The molecule has 0 saturated carbocycles. The van der Waals surface area contributed by atoms with Crippen molar-refractivity contribution in [1.29, 1.82) is 5.41 Å². The molecule has 23 nitrogen and oxygen atoms in total. The number of aliphatic imine (C=N–C) groups is 2. The second-order valence-electron chi connectivity index (χ2n) is 10.5. The molecule has 248 valence electrons. The zero-order valence-electron chi connectivity index (χ0n) is 23.3. The third-order valence-electron chi connectivity index (χ3n) is 7.66. The summed E-state index contributed by atoms with van der Waals surface area (Å²) < 4.78 is 60.3. The molecular formula is C21H26N10O13P2. The summed E-state index contributed by atoms with van der Waals surface area (Å²) in [6.45, 7) is -1.63. The van der Waals surface area contributed by atoms with Gasteiger partial charge in [0.2, 0.25) is 11.9 Å². The molecule has 2 bridgehead atoms. The molecule has 11 atom stereocenters. The van der Waals surface area contributed by atoms with Gasteiger partial charge >= 0.3 is 15.6 Å². The fourth-order valence-electron chi connectivity index (χ4n) is 5.59. The lowest BCUT2D eigenvalue weighted by atomic mass is 10.0. The number of aromatic nitrogens is 4. The van der Waals surface area contributed by atoms with Gasteiger partial charge in [-0.2, -0.15) is 14.6 Å². The highest BCUT2D eigenvalue weighted by Crippen LogP contribution is 2.53. The number of nitrogens with zero attached hydrogens (tertiary/aromatic N) is 7. The van der Waals surface area contributed by atoms with Gasteiger partial charge in [-0.3, -0.25) is 43.5 Å². The highest BCUT2D eigenvalue weighted by atomic mass is 31.2. The van der Waals surface area contributed by atoms with Crippen molar-refractivity contribution < 1.29 is 61.5 Å². The second kappa shape index (κ2) is 11.4. The SMILES string of the molecule is CNc1ncnc2c(C3OC4COP(=O)(O)OC5C(O)C(COP(=O)(O)OC4C3O)OC5N3C=NC4C(=O)NC(=N)N=C43)cnn12. The maximum Gasteiger partial charge on any atom is 0.472 e. The van der Waals surface area contributed by atoms with Gasteiger partial charge in [0.15, 0.2) is 23.8 Å². The molecule has 3 saturated heterocycles. The number of aliphatic hydroxyl groups is 2. The van der Waals surface area contributed by atoms with Gasteiger partial charge in [0.1, 0.15) is 49.1 Å². The number of nitrogens with one attached hydrogen (secondary N) is 3. The summed E-state index contributed by atoms with van der Waals surface area (Å²) in [6, 6.07) is -1.18. The molecule has 0 aromatic carbocycles. The van der Waals surface area contributed by atoms with E-state index >= 15 is 0 Å². The predicted molar refractivity (Wildman–Crippen MR) is 147 cm³/mol. The van der Waals surface area contributed by atoms with Crippen molar-refractivity contribution in [2.45, 2.75) is 55.0 Å². The third-order valence-corrected chi connectivity index (χ3v) is 9.63. The number of hydrogen-bond acceptors (Lipinski definition) is 18. The normalized spacial score (nSPS) is 41.3. The van der Waals surface area contributed by atoms with E-state index in [0.717, 1.165) is 11.2 Å². The summed E-state index contributed by atoms with van der Waals surface area (Å²) in [5.41, 5.74) is 0.450. The molecule has 1 amide bonds. The Bertz CT molecular complexity index is 1740. The Labute approximate surface area is 256 Å². The molecule has 0 radical (unpaired) electrons. The number of guanidine groups is 1. The van der Waals surface area contributed by atoms with E-state index in [-0.39, 0.29) is 17.0 Å². The smallest absolute Gasteiger partial charge is 0.387 e. The summed E-state index contributed by atoms with van der Waals surface area (Å²) in [7, 11) is -8.57. The van der Waals surface area contributed by atoms with Crippen molar-refractivity contribution in [2.24, 2.45) is 9.98 Å². The van der Waals surface area contributed by atoms with Crippen molar-refractivity contribution in [3.05, 3.63) is 18.1 Å². The Balaban J connectivity index is 1.17. The first-order chi connectivity index (χ1) is 21.9. The molecule has 3 fully saturated rings. The van der Waals surface area contributed by atoms with Crippen LogP contribution in [0, 0.1) is 5.41 Å². The number of hydrogen-bond donors (Lipinski definition) is 7. The molecule has 5 aliphatic heterocycles. The molecule has 0 aliphatic carbocycles. The first kappa shape index (κ1) is 31.3. The number of carbonyl (C=O) groups is 1. The van der Waals surface area contributed by atoms with E-state index < -0.39 is 95.7 Å². The standard InChI is InChI=1S/C21H26N10O13P2/c1-23-21-25-5-24-16-7(2-27-31(16)21)13-12(33)14-9(41-13)4-40-46(37,38)44-15-11(32)8(3-39-45(35,36)43-14)42-19(15)30-6-26-10-17(30)28-20(22)29-18(10)34/h2,5-6,8-15,19,32-33H,3-4H2,1H3,(H,35,36)(H,37,38)(H2,22,29,34)(H,23,24,25). The van der Waals surface area contributed by atoms with Crippen LogP contribution < -0.4 is 10.6 Å². The van der Waals surface area contributed by atoms with Crippen LogP contribution in [-0.2, 0) is 41.5 Å². The van der Waals surface area contributed by atoms with E-state index in [1.165, 1.54) is 17.0 Å². The van der Waals surface area contributed by atoms with Crippen LogP contribution in [0.2, 0.25) is 0 Å². The molecule has 2 aromatic heterocycles. The topological polar surface area (TPSA) is 306 Å². The first-order valence-corrected chi connectivity index (χ1v) is 16.5. The predicted octanol–water partition coefficient (Wildman–Crippen LogP) is -2.75. The van der Waals surface area contributed by atoms with Gasteiger partial charge in [-0.1, -0.05) is 0 Å². The van der Waals surface area contributed by atoms with Crippen molar-refractivity contribution >= 4 is 51.3 Å². The van der Waals surface area contributed by atoms with Crippen LogP contribution >= 0.6 is 15.6 Å². The van der Waals surface area contributed by atoms with E-state index in [2.05, 4.69) is 35.7 Å². The number of amides is 1. The highest BCUT2D eigenvalue weighted by Gasteiger charge is 2.56. The summed E-state index contributed by atoms with van der Waals surface area (Å²) in [5.74, 6) is -0.978. The van der Waals surface area contributed by atoms with Gasteiger partial charge in [0.05, 0.1) is 25.7 Å². The quantitative estimate of drug-likeness (QED) is 0.161. The van der Waals surface area contributed by atoms with Crippen LogP contribution in [0.1, 0.15) is 11.7 Å². The molecule has 11 unspecified atom stereocenters. The second-order valence-corrected chi connectivity index (χ2v) is 13.3.